The second-order valence-corrected chi connectivity index (χ2v) is 15.9. The van der Waals surface area contributed by atoms with Crippen molar-refractivity contribution in [2.24, 2.45) is 5.92 Å². The van der Waals surface area contributed by atoms with Crippen LogP contribution in [0, 0.1) is 12.8 Å². The maximum atomic E-state index is 13.0. The van der Waals surface area contributed by atoms with Crippen molar-refractivity contribution in [1.29, 1.82) is 0 Å². The zero-order chi connectivity index (χ0) is 38.8. The number of hydrogen-bond donors (Lipinski definition) is 3. The predicted octanol–water partition coefficient (Wildman–Crippen LogP) is 6.93. The van der Waals surface area contributed by atoms with Crippen LogP contribution in [0.5, 0.6) is 23.0 Å². The number of nitrogens with one attached hydrogen (secondary N) is 2. The van der Waals surface area contributed by atoms with Crippen LogP contribution >= 0.6 is 11.3 Å². The zero-order valence-electron chi connectivity index (χ0n) is 31.2. The fraction of sp³-hybridized carbons (Fsp3) is 0.318. The number of phenolic OH excluding ortho intramolecular Hbond substituents is 1. The minimum absolute atomic E-state index is 0.0128. The number of amides is 4. The van der Waals surface area contributed by atoms with E-state index in [0.29, 0.717) is 49.8 Å². The lowest BCUT2D eigenvalue weighted by Gasteiger charge is -2.31. The fourth-order valence-electron chi connectivity index (χ4n) is 7.76. The molecule has 12 heteroatoms. The van der Waals surface area contributed by atoms with Gasteiger partial charge in [0.15, 0.2) is 5.75 Å². The molecule has 4 aromatic carbocycles. The number of carbonyl (C=O) groups is 4. The van der Waals surface area contributed by atoms with Crippen molar-refractivity contribution >= 4 is 45.1 Å². The molecule has 2 fully saturated rings. The average molecular weight is 773 g/mol. The standard InChI is InChI=1S/C44H44N4O7S/c1-27-2-5-30(6-3-27)42-41(36-13-7-32(49)24-38(36)56-42)55-34-10-8-33(9-11-34)54-21-20-47-18-16-28(17-19-47)23-40(51)45-25-29-4-12-35-31(22-29)26-48(44(35)53)37-14-15-39(50)46-43(37)52/h2-13,22,24,28,37,49H,14-21,23,25-26H2,1H3,(H,45,51)(H,46,50,52). The Morgan fingerprint density at radius 3 is 2.46 bits per heavy atom. The number of ether oxygens (including phenoxy) is 2. The number of rotatable bonds is 12. The molecule has 0 aliphatic carbocycles. The van der Waals surface area contributed by atoms with Gasteiger partial charge < -0.3 is 24.8 Å². The molecule has 1 aromatic heterocycles. The van der Waals surface area contributed by atoms with E-state index in [-0.39, 0.29) is 29.9 Å². The molecular formula is C44H44N4O7S. The van der Waals surface area contributed by atoms with Gasteiger partial charge in [-0.25, -0.2) is 0 Å². The fourth-order valence-corrected chi connectivity index (χ4v) is 8.93. The molecule has 288 valence electrons. The molecule has 4 heterocycles. The first-order chi connectivity index (χ1) is 27.2. The molecule has 11 nitrogen and oxygen atoms in total. The topological polar surface area (TPSA) is 138 Å². The van der Waals surface area contributed by atoms with E-state index in [0.717, 1.165) is 75.6 Å². The van der Waals surface area contributed by atoms with Crippen LogP contribution in [0.25, 0.3) is 20.5 Å². The van der Waals surface area contributed by atoms with Crippen LogP contribution in [0.2, 0.25) is 0 Å². The predicted molar refractivity (Wildman–Crippen MR) is 214 cm³/mol. The molecule has 56 heavy (non-hydrogen) atoms. The molecule has 5 aromatic rings. The Kier molecular flexibility index (Phi) is 10.7. The highest BCUT2D eigenvalue weighted by Gasteiger charge is 2.39. The van der Waals surface area contributed by atoms with Crippen LogP contribution in [0.15, 0.2) is 84.9 Å². The number of imide groups is 1. The van der Waals surface area contributed by atoms with Gasteiger partial charge in [0.1, 0.15) is 29.9 Å². The Morgan fingerprint density at radius 2 is 1.70 bits per heavy atom. The van der Waals surface area contributed by atoms with Crippen molar-refractivity contribution in [3.05, 3.63) is 107 Å². The van der Waals surface area contributed by atoms with Crippen LogP contribution in [0.3, 0.4) is 0 Å². The van der Waals surface area contributed by atoms with Crippen LogP contribution in [-0.2, 0) is 27.5 Å². The molecule has 3 aliphatic heterocycles. The van der Waals surface area contributed by atoms with E-state index in [1.165, 1.54) is 10.5 Å². The molecule has 1 atom stereocenters. The number of aryl methyl sites for hydroxylation is 1. The van der Waals surface area contributed by atoms with Gasteiger partial charge in [0.05, 0.1) is 4.88 Å². The van der Waals surface area contributed by atoms with Crippen molar-refractivity contribution in [2.75, 3.05) is 26.2 Å². The molecule has 8 rings (SSSR count). The number of hydrogen-bond acceptors (Lipinski definition) is 9. The number of likely N-dealkylation sites (tertiary alicyclic amines) is 1. The third-order valence-electron chi connectivity index (χ3n) is 10.9. The Balaban J connectivity index is 0.764. The van der Waals surface area contributed by atoms with Crippen LogP contribution < -0.4 is 20.1 Å². The first kappa shape index (κ1) is 37.2. The van der Waals surface area contributed by atoms with Crippen molar-refractivity contribution in [3.63, 3.8) is 0 Å². The number of phenols is 1. The van der Waals surface area contributed by atoms with Crippen molar-refractivity contribution in [3.8, 4) is 33.4 Å². The monoisotopic (exact) mass is 772 g/mol. The minimum atomic E-state index is -0.648. The second-order valence-electron chi connectivity index (χ2n) is 14.9. The van der Waals surface area contributed by atoms with E-state index in [1.807, 2.05) is 42.5 Å². The Hall–Kier alpha value is -5.72. The Bertz CT molecular complexity index is 2280. The molecule has 1 unspecified atom stereocenters. The summed E-state index contributed by atoms with van der Waals surface area (Å²) < 4.78 is 13.5. The van der Waals surface area contributed by atoms with Crippen molar-refractivity contribution < 1.29 is 33.8 Å². The van der Waals surface area contributed by atoms with Crippen LogP contribution in [-0.4, -0.2) is 70.8 Å². The van der Waals surface area contributed by atoms with Crippen LogP contribution in [0.4, 0.5) is 0 Å². The second kappa shape index (κ2) is 16.2. The molecule has 3 aliphatic rings. The summed E-state index contributed by atoms with van der Waals surface area (Å²) in [5, 5.41) is 16.4. The minimum Gasteiger partial charge on any atom is -0.508 e. The summed E-state index contributed by atoms with van der Waals surface area (Å²) in [5.74, 6) is 1.85. The first-order valence-electron chi connectivity index (χ1n) is 19.2. The van der Waals surface area contributed by atoms with Gasteiger partial charge in [-0.1, -0.05) is 42.0 Å². The van der Waals surface area contributed by atoms with Crippen LogP contribution in [0.1, 0.15) is 59.2 Å². The lowest BCUT2D eigenvalue weighted by molar-refractivity contribution is -0.137. The summed E-state index contributed by atoms with van der Waals surface area (Å²) in [4.78, 5) is 54.7. The number of carbonyl (C=O) groups excluding carboxylic acids is 4. The van der Waals surface area contributed by atoms with Gasteiger partial charge in [-0.3, -0.25) is 29.4 Å². The third kappa shape index (κ3) is 8.26. The number of aromatic hydroxyl groups is 1. The zero-order valence-corrected chi connectivity index (χ0v) is 32.0. The third-order valence-corrected chi connectivity index (χ3v) is 12.1. The van der Waals surface area contributed by atoms with E-state index < -0.39 is 11.9 Å². The SMILES string of the molecule is Cc1ccc(-c2sc3cc(O)ccc3c2Oc2ccc(OCCN3CCC(CC(=O)NCc4ccc5c(c4)CN(C4CCC(=O)NC4=O)C5=O)CC3)cc2)cc1. The van der Waals surface area contributed by atoms with Gasteiger partial charge in [-0.05, 0) is 110 Å². The molecule has 3 N–H and O–H groups in total. The van der Waals surface area contributed by atoms with E-state index in [9.17, 15) is 24.3 Å². The smallest absolute Gasteiger partial charge is 0.255 e. The average Bonchev–Trinajstić information content (AvgIpc) is 3.71. The van der Waals surface area contributed by atoms with E-state index in [2.05, 4.69) is 46.7 Å². The largest absolute Gasteiger partial charge is 0.508 e. The van der Waals surface area contributed by atoms with Gasteiger partial charge in [-0.15, -0.1) is 11.3 Å². The normalized spacial score (nSPS) is 17.6. The van der Waals surface area contributed by atoms with Gasteiger partial charge in [0, 0.05) is 48.1 Å². The number of thiophene rings is 1. The van der Waals surface area contributed by atoms with Gasteiger partial charge in [0.2, 0.25) is 17.7 Å². The lowest BCUT2D eigenvalue weighted by Crippen LogP contribution is -2.52. The molecule has 0 saturated carbocycles. The van der Waals surface area contributed by atoms with Crippen molar-refractivity contribution in [2.45, 2.75) is 58.2 Å². The van der Waals surface area contributed by atoms with Gasteiger partial charge >= 0.3 is 0 Å². The maximum absolute atomic E-state index is 13.0. The van der Waals surface area contributed by atoms with Gasteiger partial charge in [-0.2, -0.15) is 0 Å². The summed E-state index contributed by atoms with van der Waals surface area (Å²) in [6.45, 7) is 5.91. The number of benzene rings is 4. The molecule has 4 amide bonds. The Morgan fingerprint density at radius 1 is 0.929 bits per heavy atom. The summed E-state index contributed by atoms with van der Waals surface area (Å²) >= 11 is 1.60. The summed E-state index contributed by atoms with van der Waals surface area (Å²) in [7, 11) is 0. The molecular weight excluding hydrogens is 729 g/mol. The summed E-state index contributed by atoms with van der Waals surface area (Å²) in [6, 6.07) is 26.3. The van der Waals surface area contributed by atoms with E-state index in [4.69, 9.17) is 9.47 Å². The van der Waals surface area contributed by atoms with Crippen molar-refractivity contribution in [1.82, 2.24) is 20.4 Å². The van der Waals surface area contributed by atoms with Gasteiger partial charge in [0.25, 0.3) is 5.91 Å². The lowest BCUT2D eigenvalue weighted by atomic mass is 9.93. The number of piperidine rings is 2. The summed E-state index contributed by atoms with van der Waals surface area (Å²) in [6.07, 6.45) is 2.90. The highest BCUT2D eigenvalue weighted by Crippen LogP contribution is 2.47. The molecule has 0 bridgehead atoms. The molecule has 2 saturated heterocycles. The molecule has 0 spiro atoms. The van der Waals surface area contributed by atoms with E-state index in [1.54, 1.807) is 29.5 Å². The summed E-state index contributed by atoms with van der Waals surface area (Å²) in [5.41, 5.74) is 4.54. The number of nitrogens with zero attached hydrogens (tertiary/aromatic N) is 2. The number of fused-ring (bicyclic) bond motifs is 2. The van der Waals surface area contributed by atoms with E-state index >= 15 is 0 Å². The quantitative estimate of drug-likeness (QED) is 0.116. The highest BCUT2D eigenvalue weighted by molar-refractivity contribution is 7.22. The first-order valence-corrected chi connectivity index (χ1v) is 20.0. The Labute approximate surface area is 329 Å². The maximum Gasteiger partial charge on any atom is 0.255 e. The highest BCUT2D eigenvalue weighted by atomic mass is 32.1. The molecule has 0 radical (unpaired) electrons.